The van der Waals surface area contributed by atoms with Crippen LogP contribution in [0.15, 0.2) is 0 Å². The molecule has 0 aromatic carbocycles. The third-order valence-corrected chi connectivity index (χ3v) is 1.86. The summed E-state index contributed by atoms with van der Waals surface area (Å²) in [6.45, 7) is -3.30. The van der Waals surface area contributed by atoms with Crippen molar-refractivity contribution in [1.82, 2.24) is 0 Å². The van der Waals surface area contributed by atoms with Crippen LogP contribution < -0.4 is 5.73 Å². The van der Waals surface area contributed by atoms with Crippen LogP contribution in [0.4, 0.5) is 0 Å². The molecule has 14 nitrogen and oxygen atoms in total. The largest absolute Gasteiger partial charge is 0.369 e. The lowest BCUT2D eigenvalue weighted by Gasteiger charge is -2.26. The summed E-state index contributed by atoms with van der Waals surface area (Å²) in [5, 5.41) is 26.2. The summed E-state index contributed by atoms with van der Waals surface area (Å²) < 4.78 is 0. The minimum absolute atomic E-state index is 1.10. The molecule has 0 aliphatic carbocycles. The highest BCUT2D eigenvalue weighted by Crippen LogP contribution is 2.19. The molecule has 14 heteroatoms. The fourth-order valence-corrected chi connectivity index (χ4v) is 0.867. The molecule has 108 valence electrons. The van der Waals surface area contributed by atoms with Crippen molar-refractivity contribution in [3.05, 3.63) is 30.3 Å². The normalized spacial score (nSPS) is 10.3. The minimum atomic E-state index is -2.26. The molecule has 0 saturated heterocycles. The zero-order valence-corrected chi connectivity index (χ0v) is 9.12. The van der Waals surface area contributed by atoms with E-state index in [1.54, 1.807) is 0 Å². The van der Waals surface area contributed by atoms with Gasteiger partial charge < -0.3 is 20.2 Å². The molecule has 1 amide bonds. The first-order valence-corrected chi connectivity index (χ1v) is 4.31. The van der Waals surface area contributed by atoms with Crippen molar-refractivity contribution in [3.8, 4) is 0 Å². The molecule has 0 unspecified atom stereocenters. The summed E-state index contributed by atoms with van der Waals surface area (Å²) in [7, 11) is 0. The highest BCUT2D eigenvalue weighted by atomic mass is 17.0. The first kappa shape index (κ1) is 16.1. The van der Waals surface area contributed by atoms with Crippen LogP contribution >= 0.6 is 0 Å². The van der Waals surface area contributed by atoms with Crippen LogP contribution in [0.1, 0.15) is 0 Å². The number of nitrogens with two attached hydrogens (primary N) is 1. The summed E-state index contributed by atoms with van der Waals surface area (Å²) >= 11 is 0. The van der Waals surface area contributed by atoms with E-state index in [0.29, 0.717) is 0 Å². The van der Waals surface area contributed by atoms with Gasteiger partial charge in [-0.3, -0.25) is 4.79 Å². The number of primary amides is 1. The number of hydrogen-bond donors (Lipinski definition) is 1. The van der Waals surface area contributed by atoms with E-state index < -0.39 is 46.4 Å². The molecule has 19 heavy (non-hydrogen) atoms. The quantitative estimate of drug-likeness (QED) is 0.348. The lowest BCUT2D eigenvalue weighted by atomic mass is 9.90. The van der Waals surface area contributed by atoms with E-state index in [9.17, 15) is 35.1 Å². The molecule has 0 aliphatic rings. The van der Waals surface area contributed by atoms with Crippen molar-refractivity contribution in [3.63, 3.8) is 0 Å². The van der Waals surface area contributed by atoms with Gasteiger partial charge in [0.2, 0.25) is 5.91 Å². The van der Waals surface area contributed by atoms with Crippen LogP contribution in [0.2, 0.25) is 0 Å². The monoisotopic (exact) mass is 284 g/mol. The number of carbonyl (C=O) groups excluding carboxylic acids is 1. The Balaban J connectivity index is 4.97. The summed E-state index contributed by atoms with van der Waals surface area (Å²) in [6, 6.07) is 0. The zero-order valence-electron chi connectivity index (χ0n) is 9.12. The van der Waals surface area contributed by atoms with E-state index in [1.807, 2.05) is 0 Å². The maximum Gasteiger partial charge on any atom is 0.294 e. The topological polar surface area (TPSA) is 200 Å². The van der Waals surface area contributed by atoms with Crippen LogP contribution in [0.25, 0.3) is 0 Å². The smallest absolute Gasteiger partial charge is 0.294 e. The molecule has 0 aliphatic heterocycles. The Morgan fingerprint density at radius 3 is 1.32 bits per heavy atom. The summed E-state index contributed by atoms with van der Waals surface area (Å²) in [5.74, 6) is -1.36. The highest BCUT2D eigenvalue weighted by Gasteiger charge is 2.41. The molecule has 0 radical (unpaired) electrons. The number of carbonyl (C=O) groups is 1. The average Bonchev–Trinajstić information content (AvgIpc) is 2.27. The van der Waals surface area contributed by atoms with E-state index in [-0.39, 0.29) is 0 Å². The van der Waals surface area contributed by atoms with Gasteiger partial charge in [0.1, 0.15) is 25.2 Å². The van der Waals surface area contributed by atoms with Crippen LogP contribution in [0, 0.1) is 35.8 Å². The Hall–Kier alpha value is -2.93. The number of nitrogens with zero attached hydrogens (tertiary/aromatic N) is 3. The maximum atomic E-state index is 11.2. The molecule has 2 N–H and O–H groups in total. The Bertz CT molecular complexity index is 337. The van der Waals surface area contributed by atoms with E-state index in [1.165, 1.54) is 0 Å². The molecule has 0 heterocycles. The Morgan fingerprint density at radius 2 is 1.16 bits per heavy atom. The van der Waals surface area contributed by atoms with Crippen LogP contribution in [-0.2, 0) is 19.3 Å². The fraction of sp³-hybridized carbons (Fsp3) is 0.800. The molecule has 0 aromatic heterocycles. The lowest BCUT2D eigenvalue weighted by molar-refractivity contribution is -0.780. The second kappa shape index (κ2) is 6.72. The highest BCUT2D eigenvalue weighted by molar-refractivity contribution is 5.81. The van der Waals surface area contributed by atoms with Gasteiger partial charge in [-0.25, -0.2) is 0 Å². The average molecular weight is 284 g/mol. The second-order valence-electron chi connectivity index (χ2n) is 3.14. The molecule has 0 saturated carbocycles. The Labute approximate surface area is 103 Å². The Kier molecular flexibility index (Phi) is 5.68. The van der Waals surface area contributed by atoms with E-state index in [4.69, 9.17) is 5.73 Å². The van der Waals surface area contributed by atoms with E-state index >= 15 is 0 Å². The number of amides is 1. The van der Waals surface area contributed by atoms with Gasteiger partial charge in [-0.1, -0.05) is 0 Å². The summed E-state index contributed by atoms with van der Waals surface area (Å²) in [5.41, 5.74) is 2.63. The number of rotatable bonds is 10. The first-order chi connectivity index (χ1) is 8.69. The van der Waals surface area contributed by atoms with Gasteiger partial charge in [-0.2, -0.15) is 0 Å². The third kappa shape index (κ3) is 5.80. The molecule has 0 atom stereocenters. The van der Waals surface area contributed by atoms with Crippen molar-refractivity contribution in [2.45, 2.75) is 0 Å². The first-order valence-electron chi connectivity index (χ1n) is 4.31. The standard InChI is InChI=1S/C5H8N4O10/c6-4(10)5(1-17-7(11)12,2-18-8(13)14)3-19-9(15)16/h1-3H2,(H2,6,10). The van der Waals surface area contributed by atoms with Gasteiger partial charge in [-0.05, 0) is 0 Å². The summed E-state index contributed by atoms with van der Waals surface area (Å²) in [6.07, 6.45) is 0. The minimum Gasteiger partial charge on any atom is -0.369 e. The van der Waals surface area contributed by atoms with Crippen LogP contribution in [0.5, 0.6) is 0 Å². The zero-order chi connectivity index (χ0) is 15.1. The van der Waals surface area contributed by atoms with Crippen molar-refractivity contribution in [1.29, 1.82) is 0 Å². The fourth-order valence-electron chi connectivity index (χ4n) is 0.867. The SMILES string of the molecule is NC(=O)C(CO[N+](=O)[O-])(CO[N+](=O)[O-])CO[N+](=O)[O-]. The van der Waals surface area contributed by atoms with Gasteiger partial charge in [0.15, 0.2) is 0 Å². The molecule has 0 fully saturated rings. The Morgan fingerprint density at radius 1 is 0.895 bits per heavy atom. The van der Waals surface area contributed by atoms with Gasteiger partial charge in [0.05, 0.1) is 0 Å². The van der Waals surface area contributed by atoms with Gasteiger partial charge in [0, 0.05) is 0 Å². The number of hydrogen-bond acceptors (Lipinski definition) is 10. The van der Waals surface area contributed by atoms with E-state index in [2.05, 4.69) is 14.5 Å². The predicted octanol–water partition coefficient (Wildman–Crippen LogP) is -1.92. The van der Waals surface area contributed by atoms with E-state index in [0.717, 1.165) is 0 Å². The maximum absolute atomic E-state index is 11.2. The summed E-state index contributed by atoms with van der Waals surface area (Å²) in [4.78, 5) is 52.8. The van der Waals surface area contributed by atoms with Crippen LogP contribution in [-0.4, -0.2) is 41.0 Å². The molecular formula is C5H8N4O10. The van der Waals surface area contributed by atoms with Gasteiger partial charge in [-0.15, -0.1) is 30.3 Å². The second-order valence-corrected chi connectivity index (χ2v) is 3.14. The third-order valence-electron chi connectivity index (χ3n) is 1.86. The molecule has 0 aromatic rings. The van der Waals surface area contributed by atoms with Crippen molar-refractivity contribution in [2.24, 2.45) is 11.1 Å². The van der Waals surface area contributed by atoms with Crippen molar-refractivity contribution >= 4 is 5.91 Å². The molecular weight excluding hydrogens is 276 g/mol. The predicted molar refractivity (Wildman–Crippen MR) is 50.5 cm³/mol. The van der Waals surface area contributed by atoms with Gasteiger partial charge >= 0.3 is 0 Å². The van der Waals surface area contributed by atoms with Crippen molar-refractivity contribution < 1.29 is 34.6 Å². The van der Waals surface area contributed by atoms with Crippen LogP contribution in [0.3, 0.4) is 0 Å². The molecule has 0 bridgehead atoms. The van der Waals surface area contributed by atoms with Crippen molar-refractivity contribution in [2.75, 3.05) is 19.8 Å². The molecule has 0 rings (SSSR count). The lowest BCUT2D eigenvalue weighted by Crippen LogP contribution is -2.49. The van der Waals surface area contributed by atoms with Gasteiger partial charge in [0.25, 0.3) is 15.3 Å². The molecule has 0 spiro atoms.